The first-order valence-electron chi connectivity index (χ1n) is 7.19. The average Bonchev–Trinajstić information content (AvgIpc) is 2.97. The van der Waals surface area contributed by atoms with E-state index in [1.807, 2.05) is 18.2 Å². The van der Waals surface area contributed by atoms with Crippen molar-refractivity contribution in [1.29, 1.82) is 0 Å². The molecule has 104 valence electrons. The summed E-state index contributed by atoms with van der Waals surface area (Å²) in [4.78, 5) is 13.5. The number of carbonyl (C=O) groups is 1. The molecule has 0 N–H and O–H groups in total. The minimum Gasteiger partial charge on any atom is -0.292 e. The Labute approximate surface area is 118 Å². The highest BCUT2D eigenvalue weighted by Crippen LogP contribution is 2.29. The predicted molar refractivity (Wildman–Crippen MR) is 74.4 cm³/mol. The molecule has 1 heterocycles. The smallest absolute Gasteiger partial charge is 0.186 e. The maximum atomic E-state index is 12.1. The van der Waals surface area contributed by atoms with Gasteiger partial charge in [0, 0.05) is 11.5 Å². The van der Waals surface area contributed by atoms with Crippen LogP contribution in [0.15, 0.2) is 30.3 Å². The topological polar surface area (TPSA) is 60.7 Å². The predicted octanol–water partition coefficient (Wildman–Crippen LogP) is 2.60. The third-order valence-electron chi connectivity index (χ3n) is 3.82. The molecule has 0 atom stereocenters. The van der Waals surface area contributed by atoms with Gasteiger partial charge in [0.1, 0.15) is 6.54 Å². The third kappa shape index (κ3) is 2.92. The van der Waals surface area contributed by atoms with Gasteiger partial charge in [0.25, 0.3) is 0 Å². The molecule has 1 aliphatic carbocycles. The average molecular weight is 270 g/mol. The quantitative estimate of drug-likeness (QED) is 0.801. The van der Waals surface area contributed by atoms with Gasteiger partial charge in [-0.25, -0.2) is 0 Å². The van der Waals surface area contributed by atoms with E-state index in [0.29, 0.717) is 11.5 Å². The Bertz CT molecular complexity index is 573. The van der Waals surface area contributed by atoms with Crippen molar-refractivity contribution in [3.63, 3.8) is 0 Å². The Morgan fingerprint density at radius 2 is 1.90 bits per heavy atom. The number of ketones is 1. The first kappa shape index (κ1) is 13.0. The maximum absolute atomic E-state index is 12.1. The minimum atomic E-state index is 0.0122. The van der Waals surface area contributed by atoms with E-state index in [2.05, 4.69) is 15.4 Å². The van der Waals surface area contributed by atoms with E-state index >= 15 is 0 Å². The second-order valence-corrected chi connectivity index (χ2v) is 5.30. The van der Waals surface area contributed by atoms with Crippen molar-refractivity contribution in [2.24, 2.45) is 0 Å². The highest BCUT2D eigenvalue weighted by Gasteiger charge is 2.20. The molecule has 1 aromatic heterocycles. The molecule has 1 aromatic carbocycles. The van der Waals surface area contributed by atoms with E-state index in [9.17, 15) is 4.79 Å². The number of hydrogen-bond donors (Lipinski definition) is 0. The fourth-order valence-corrected chi connectivity index (χ4v) is 2.69. The van der Waals surface area contributed by atoms with Crippen LogP contribution < -0.4 is 0 Å². The van der Waals surface area contributed by atoms with Gasteiger partial charge >= 0.3 is 0 Å². The first-order valence-corrected chi connectivity index (χ1v) is 7.19. The highest BCUT2D eigenvalue weighted by molar-refractivity contribution is 5.95. The Kier molecular flexibility index (Phi) is 3.85. The van der Waals surface area contributed by atoms with Gasteiger partial charge in [-0.15, -0.1) is 10.2 Å². The van der Waals surface area contributed by atoms with Crippen LogP contribution in [-0.4, -0.2) is 26.0 Å². The van der Waals surface area contributed by atoms with Gasteiger partial charge in [0.05, 0.1) is 0 Å². The van der Waals surface area contributed by atoms with Gasteiger partial charge < -0.3 is 0 Å². The van der Waals surface area contributed by atoms with Crippen LogP contribution >= 0.6 is 0 Å². The fourth-order valence-electron chi connectivity index (χ4n) is 2.69. The maximum Gasteiger partial charge on any atom is 0.186 e. The van der Waals surface area contributed by atoms with E-state index in [1.54, 1.807) is 12.1 Å². The molecule has 0 saturated heterocycles. The zero-order valence-electron chi connectivity index (χ0n) is 11.4. The van der Waals surface area contributed by atoms with E-state index in [-0.39, 0.29) is 12.3 Å². The molecule has 2 aromatic rings. The largest absolute Gasteiger partial charge is 0.292 e. The zero-order valence-corrected chi connectivity index (χ0v) is 11.4. The SMILES string of the molecule is O=C(Cn1nnc(C2CCCCC2)n1)c1ccccc1. The van der Waals surface area contributed by atoms with Gasteiger partial charge in [-0.3, -0.25) is 4.79 Å². The number of hydrogen-bond acceptors (Lipinski definition) is 4. The van der Waals surface area contributed by atoms with Gasteiger partial charge in [-0.05, 0) is 18.1 Å². The summed E-state index contributed by atoms with van der Waals surface area (Å²) in [7, 11) is 0. The van der Waals surface area contributed by atoms with Crippen LogP contribution in [0.1, 0.15) is 54.2 Å². The Hall–Kier alpha value is -2.04. The van der Waals surface area contributed by atoms with Crippen LogP contribution in [0.3, 0.4) is 0 Å². The molecule has 3 rings (SSSR count). The highest BCUT2D eigenvalue weighted by atomic mass is 16.1. The number of aromatic nitrogens is 4. The molecular weight excluding hydrogens is 252 g/mol. The molecule has 1 fully saturated rings. The van der Waals surface area contributed by atoms with E-state index in [0.717, 1.165) is 18.7 Å². The van der Waals surface area contributed by atoms with Crippen molar-refractivity contribution in [3.8, 4) is 0 Å². The molecule has 0 radical (unpaired) electrons. The van der Waals surface area contributed by atoms with Crippen molar-refractivity contribution in [2.75, 3.05) is 0 Å². The standard InChI is InChI=1S/C15H18N4O/c20-14(12-7-3-1-4-8-12)11-19-17-15(16-18-19)13-9-5-2-6-10-13/h1,3-4,7-8,13H,2,5-6,9-11H2. The molecule has 0 spiro atoms. The molecule has 20 heavy (non-hydrogen) atoms. The second-order valence-electron chi connectivity index (χ2n) is 5.30. The lowest BCUT2D eigenvalue weighted by Crippen LogP contribution is -2.14. The van der Waals surface area contributed by atoms with Crippen molar-refractivity contribution in [2.45, 2.75) is 44.6 Å². The fraction of sp³-hybridized carbons (Fsp3) is 0.467. The van der Waals surface area contributed by atoms with Gasteiger partial charge in [0.2, 0.25) is 0 Å². The van der Waals surface area contributed by atoms with Crippen LogP contribution in [0.5, 0.6) is 0 Å². The Balaban J connectivity index is 1.66. The number of nitrogens with zero attached hydrogens (tertiary/aromatic N) is 4. The van der Waals surface area contributed by atoms with E-state index in [4.69, 9.17) is 0 Å². The Morgan fingerprint density at radius 1 is 1.15 bits per heavy atom. The third-order valence-corrected chi connectivity index (χ3v) is 3.82. The number of rotatable bonds is 4. The lowest BCUT2D eigenvalue weighted by molar-refractivity contribution is 0.0961. The van der Waals surface area contributed by atoms with E-state index < -0.39 is 0 Å². The van der Waals surface area contributed by atoms with Crippen LogP contribution in [0.4, 0.5) is 0 Å². The second kappa shape index (κ2) is 5.94. The summed E-state index contributed by atoms with van der Waals surface area (Å²) >= 11 is 0. The van der Waals surface area contributed by atoms with Crippen molar-refractivity contribution >= 4 is 5.78 Å². The number of carbonyl (C=O) groups excluding carboxylic acids is 1. The summed E-state index contributed by atoms with van der Waals surface area (Å²) in [6.45, 7) is 0.156. The number of Topliss-reactive ketones (excluding diaryl/α,β-unsaturated/α-hetero) is 1. The first-order chi connectivity index (χ1) is 9.83. The van der Waals surface area contributed by atoms with Crippen LogP contribution in [0.25, 0.3) is 0 Å². The summed E-state index contributed by atoms with van der Waals surface area (Å²) in [5.74, 6) is 1.23. The summed E-state index contributed by atoms with van der Waals surface area (Å²) in [5, 5.41) is 12.5. The minimum absolute atomic E-state index is 0.0122. The molecule has 5 nitrogen and oxygen atoms in total. The molecule has 0 unspecified atom stereocenters. The van der Waals surface area contributed by atoms with Gasteiger partial charge in [-0.2, -0.15) is 4.80 Å². The Morgan fingerprint density at radius 3 is 2.65 bits per heavy atom. The van der Waals surface area contributed by atoms with E-state index in [1.165, 1.54) is 24.1 Å². The van der Waals surface area contributed by atoms with Crippen LogP contribution in [0.2, 0.25) is 0 Å². The van der Waals surface area contributed by atoms with Crippen molar-refractivity contribution < 1.29 is 4.79 Å². The molecular formula is C15H18N4O. The van der Waals surface area contributed by atoms with Gasteiger partial charge in [0.15, 0.2) is 11.6 Å². The van der Waals surface area contributed by atoms with Gasteiger partial charge in [-0.1, -0.05) is 49.6 Å². The number of benzene rings is 1. The molecule has 5 heteroatoms. The summed E-state index contributed by atoms with van der Waals surface area (Å²) in [5.41, 5.74) is 0.684. The summed E-state index contributed by atoms with van der Waals surface area (Å²) in [6.07, 6.45) is 6.05. The number of tetrazole rings is 1. The zero-order chi connectivity index (χ0) is 13.8. The lowest BCUT2D eigenvalue weighted by atomic mass is 9.89. The van der Waals surface area contributed by atoms with Crippen LogP contribution in [0, 0.1) is 0 Å². The summed E-state index contributed by atoms with van der Waals surface area (Å²) in [6, 6.07) is 9.22. The molecule has 1 saturated carbocycles. The van der Waals surface area contributed by atoms with Crippen molar-refractivity contribution in [1.82, 2.24) is 20.2 Å². The molecule has 0 amide bonds. The molecule has 0 aliphatic heterocycles. The monoisotopic (exact) mass is 270 g/mol. The normalized spacial score (nSPS) is 16.2. The van der Waals surface area contributed by atoms with Crippen LogP contribution in [-0.2, 0) is 6.54 Å². The lowest BCUT2D eigenvalue weighted by Gasteiger charge is -2.17. The van der Waals surface area contributed by atoms with Crippen molar-refractivity contribution in [3.05, 3.63) is 41.7 Å². The summed E-state index contributed by atoms with van der Waals surface area (Å²) < 4.78 is 0. The molecule has 1 aliphatic rings. The molecule has 0 bridgehead atoms.